The lowest BCUT2D eigenvalue weighted by Crippen LogP contribution is -2.40. The minimum absolute atomic E-state index is 0.104. The summed E-state index contributed by atoms with van der Waals surface area (Å²) in [5.41, 5.74) is 5.94. The Hall–Kier alpha value is -0.450. The SMILES string of the molecule is NCC1(c2nccs2)CCOCC1. The number of hydrogen-bond acceptors (Lipinski definition) is 4. The Balaban J connectivity index is 2.23. The maximum atomic E-state index is 5.84. The van der Waals surface area contributed by atoms with Crippen molar-refractivity contribution in [3.05, 3.63) is 16.6 Å². The first kappa shape index (κ1) is 9.12. The zero-order valence-corrected chi connectivity index (χ0v) is 8.35. The van der Waals surface area contributed by atoms with Crippen molar-refractivity contribution >= 4 is 11.3 Å². The van der Waals surface area contributed by atoms with E-state index in [0.717, 1.165) is 26.1 Å². The fraction of sp³-hybridized carbons (Fsp3) is 0.667. The fourth-order valence-electron chi connectivity index (χ4n) is 1.75. The summed E-state index contributed by atoms with van der Waals surface area (Å²) in [6.45, 7) is 2.32. The Kier molecular flexibility index (Phi) is 2.62. The minimum atomic E-state index is 0.104. The molecule has 1 aliphatic rings. The van der Waals surface area contributed by atoms with Crippen molar-refractivity contribution in [2.75, 3.05) is 19.8 Å². The van der Waals surface area contributed by atoms with Gasteiger partial charge >= 0.3 is 0 Å². The minimum Gasteiger partial charge on any atom is -0.381 e. The molecular formula is C9H14N2OS. The van der Waals surface area contributed by atoms with Crippen LogP contribution >= 0.6 is 11.3 Å². The molecule has 0 radical (unpaired) electrons. The molecule has 0 atom stereocenters. The second-order valence-electron chi connectivity index (χ2n) is 3.43. The van der Waals surface area contributed by atoms with Crippen molar-refractivity contribution in [3.63, 3.8) is 0 Å². The van der Waals surface area contributed by atoms with E-state index in [1.807, 2.05) is 11.6 Å². The van der Waals surface area contributed by atoms with Crippen LogP contribution in [0.5, 0.6) is 0 Å². The predicted molar refractivity (Wildman–Crippen MR) is 52.9 cm³/mol. The number of hydrogen-bond donors (Lipinski definition) is 1. The van der Waals surface area contributed by atoms with E-state index in [0.29, 0.717) is 6.54 Å². The van der Waals surface area contributed by atoms with Crippen LogP contribution < -0.4 is 5.73 Å². The molecule has 72 valence electrons. The molecule has 0 saturated carbocycles. The molecular weight excluding hydrogens is 184 g/mol. The van der Waals surface area contributed by atoms with Crippen LogP contribution in [0.3, 0.4) is 0 Å². The number of nitrogens with zero attached hydrogens (tertiary/aromatic N) is 1. The van der Waals surface area contributed by atoms with Crippen molar-refractivity contribution in [1.29, 1.82) is 0 Å². The van der Waals surface area contributed by atoms with Gasteiger partial charge in [0.1, 0.15) is 5.01 Å². The van der Waals surface area contributed by atoms with Gasteiger partial charge in [-0.15, -0.1) is 11.3 Å². The average molecular weight is 198 g/mol. The van der Waals surface area contributed by atoms with E-state index in [4.69, 9.17) is 10.5 Å². The molecule has 1 saturated heterocycles. The molecule has 0 amide bonds. The highest BCUT2D eigenvalue weighted by Crippen LogP contribution is 2.34. The lowest BCUT2D eigenvalue weighted by atomic mass is 9.81. The Morgan fingerprint density at radius 2 is 2.31 bits per heavy atom. The molecule has 0 bridgehead atoms. The van der Waals surface area contributed by atoms with E-state index in [-0.39, 0.29) is 5.41 Å². The summed E-state index contributed by atoms with van der Waals surface area (Å²) in [5, 5.41) is 3.20. The smallest absolute Gasteiger partial charge is 0.100 e. The van der Waals surface area contributed by atoms with E-state index < -0.39 is 0 Å². The highest BCUT2D eigenvalue weighted by molar-refractivity contribution is 7.09. The van der Waals surface area contributed by atoms with Gasteiger partial charge in [-0.2, -0.15) is 0 Å². The number of aromatic nitrogens is 1. The van der Waals surface area contributed by atoms with Crippen molar-refractivity contribution < 1.29 is 4.74 Å². The summed E-state index contributed by atoms with van der Waals surface area (Å²) >= 11 is 1.71. The first-order valence-corrected chi connectivity index (χ1v) is 5.43. The van der Waals surface area contributed by atoms with Gasteiger partial charge in [-0.3, -0.25) is 0 Å². The second-order valence-corrected chi connectivity index (χ2v) is 4.33. The third kappa shape index (κ3) is 1.61. The maximum Gasteiger partial charge on any atom is 0.100 e. The van der Waals surface area contributed by atoms with Crippen LogP contribution in [0.2, 0.25) is 0 Å². The monoisotopic (exact) mass is 198 g/mol. The van der Waals surface area contributed by atoms with Gasteiger partial charge in [-0.1, -0.05) is 0 Å². The normalized spacial score (nSPS) is 21.6. The summed E-state index contributed by atoms with van der Waals surface area (Å²) in [6, 6.07) is 0. The first-order valence-electron chi connectivity index (χ1n) is 4.55. The van der Waals surface area contributed by atoms with Crippen molar-refractivity contribution in [2.45, 2.75) is 18.3 Å². The molecule has 13 heavy (non-hydrogen) atoms. The molecule has 2 rings (SSSR count). The largest absolute Gasteiger partial charge is 0.381 e. The molecule has 4 heteroatoms. The molecule has 1 aromatic rings. The van der Waals surface area contributed by atoms with Crippen molar-refractivity contribution in [1.82, 2.24) is 4.98 Å². The van der Waals surface area contributed by atoms with Gasteiger partial charge in [0.25, 0.3) is 0 Å². The standard InChI is InChI=1S/C9H14N2OS/c10-7-9(1-4-12-5-2-9)8-11-3-6-13-8/h3,6H,1-2,4-5,7,10H2. The number of thiazole rings is 1. The maximum absolute atomic E-state index is 5.84. The highest BCUT2D eigenvalue weighted by Gasteiger charge is 2.35. The molecule has 0 spiro atoms. The Morgan fingerprint density at radius 1 is 1.54 bits per heavy atom. The molecule has 0 aliphatic carbocycles. The van der Waals surface area contributed by atoms with Gasteiger partial charge in [-0.25, -0.2) is 4.98 Å². The zero-order chi connectivity index (χ0) is 9.15. The highest BCUT2D eigenvalue weighted by atomic mass is 32.1. The van der Waals surface area contributed by atoms with Gasteiger partial charge in [0.2, 0.25) is 0 Å². The van der Waals surface area contributed by atoms with Crippen molar-refractivity contribution in [3.8, 4) is 0 Å². The van der Waals surface area contributed by atoms with Crippen LogP contribution in [0.25, 0.3) is 0 Å². The summed E-state index contributed by atoms with van der Waals surface area (Å²) in [6.07, 6.45) is 3.88. The topological polar surface area (TPSA) is 48.1 Å². The third-order valence-electron chi connectivity index (χ3n) is 2.73. The second kappa shape index (κ2) is 3.74. The van der Waals surface area contributed by atoms with Gasteiger partial charge in [0.05, 0.1) is 0 Å². The Labute approximate surface area is 81.9 Å². The lowest BCUT2D eigenvalue weighted by Gasteiger charge is -2.34. The molecule has 0 unspecified atom stereocenters. The van der Waals surface area contributed by atoms with Crippen molar-refractivity contribution in [2.24, 2.45) is 5.73 Å². The van der Waals surface area contributed by atoms with Crippen LogP contribution in [0, 0.1) is 0 Å². The summed E-state index contributed by atoms with van der Waals surface area (Å²) in [5.74, 6) is 0. The van der Waals surface area contributed by atoms with Crippen LogP contribution in [-0.4, -0.2) is 24.7 Å². The lowest BCUT2D eigenvalue weighted by molar-refractivity contribution is 0.0529. The van der Waals surface area contributed by atoms with Gasteiger partial charge < -0.3 is 10.5 Å². The number of nitrogens with two attached hydrogens (primary N) is 1. The average Bonchev–Trinajstić information content (AvgIpc) is 2.72. The number of rotatable bonds is 2. The first-order chi connectivity index (χ1) is 6.37. The van der Waals surface area contributed by atoms with E-state index in [9.17, 15) is 0 Å². The molecule has 1 fully saturated rings. The molecule has 2 N–H and O–H groups in total. The molecule has 0 aromatic carbocycles. The predicted octanol–water partition coefficient (Wildman–Crippen LogP) is 1.15. The van der Waals surface area contributed by atoms with Gasteiger partial charge in [-0.05, 0) is 12.8 Å². The van der Waals surface area contributed by atoms with Crippen LogP contribution in [0.1, 0.15) is 17.8 Å². The zero-order valence-electron chi connectivity index (χ0n) is 7.53. The van der Waals surface area contributed by atoms with Gasteiger partial charge in [0, 0.05) is 36.8 Å². The molecule has 2 heterocycles. The summed E-state index contributed by atoms with van der Waals surface area (Å²) in [7, 11) is 0. The third-order valence-corrected chi connectivity index (χ3v) is 3.75. The van der Waals surface area contributed by atoms with Crippen LogP contribution in [-0.2, 0) is 10.2 Å². The quantitative estimate of drug-likeness (QED) is 0.775. The van der Waals surface area contributed by atoms with Gasteiger partial charge in [0.15, 0.2) is 0 Å². The molecule has 1 aliphatic heterocycles. The summed E-state index contributed by atoms with van der Waals surface area (Å²) in [4.78, 5) is 4.37. The number of ether oxygens (including phenoxy) is 1. The van der Waals surface area contributed by atoms with Crippen LogP contribution in [0.4, 0.5) is 0 Å². The van der Waals surface area contributed by atoms with E-state index >= 15 is 0 Å². The fourth-order valence-corrected chi connectivity index (χ4v) is 2.66. The van der Waals surface area contributed by atoms with Crippen LogP contribution in [0.15, 0.2) is 11.6 Å². The van der Waals surface area contributed by atoms with E-state index in [2.05, 4.69) is 4.98 Å². The Bertz CT molecular complexity index is 255. The molecule has 3 nitrogen and oxygen atoms in total. The Morgan fingerprint density at radius 3 is 2.85 bits per heavy atom. The van der Waals surface area contributed by atoms with E-state index in [1.165, 1.54) is 5.01 Å². The molecule has 1 aromatic heterocycles. The summed E-state index contributed by atoms with van der Waals surface area (Å²) < 4.78 is 5.35. The van der Waals surface area contributed by atoms with E-state index in [1.54, 1.807) is 11.3 Å².